The summed E-state index contributed by atoms with van der Waals surface area (Å²) >= 11 is 1.65. The normalized spacial score (nSPS) is 12.9. The SMILES string of the molecule is C=C(C)C(O)Cc1ccsc1. The quantitative estimate of drug-likeness (QED) is 0.686. The lowest BCUT2D eigenvalue weighted by Gasteiger charge is -2.07. The fourth-order valence-electron chi connectivity index (χ4n) is 0.806. The van der Waals surface area contributed by atoms with E-state index in [-0.39, 0.29) is 6.10 Å². The van der Waals surface area contributed by atoms with Crippen molar-refractivity contribution in [1.29, 1.82) is 0 Å². The van der Waals surface area contributed by atoms with Crippen LogP contribution in [0.15, 0.2) is 29.0 Å². The minimum Gasteiger partial charge on any atom is -0.388 e. The van der Waals surface area contributed by atoms with Gasteiger partial charge in [-0.1, -0.05) is 12.2 Å². The van der Waals surface area contributed by atoms with Crippen LogP contribution in [-0.4, -0.2) is 11.2 Å². The Morgan fingerprint density at radius 3 is 3.00 bits per heavy atom. The topological polar surface area (TPSA) is 20.2 Å². The molecule has 0 aromatic carbocycles. The molecule has 0 aliphatic carbocycles. The number of thiophene rings is 1. The van der Waals surface area contributed by atoms with Gasteiger partial charge in [-0.3, -0.25) is 0 Å². The molecule has 0 fully saturated rings. The highest BCUT2D eigenvalue weighted by Gasteiger charge is 2.05. The van der Waals surface area contributed by atoms with E-state index in [2.05, 4.69) is 6.58 Å². The first-order chi connectivity index (χ1) is 5.20. The summed E-state index contributed by atoms with van der Waals surface area (Å²) in [6, 6.07) is 2.02. The molecular formula is C9H12OS. The van der Waals surface area contributed by atoms with E-state index in [1.165, 1.54) is 5.56 Å². The van der Waals surface area contributed by atoms with Crippen LogP contribution in [0.25, 0.3) is 0 Å². The average molecular weight is 168 g/mol. The second kappa shape index (κ2) is 3.69. The first kappa shape index (κ1) is 8.50. The van der Waals surface area contributed by atoms with E-state index in [1.54, 1.807) is 11.3 Å². The van der Waals surface area contributed by atoms with Gasteiger partial charge in [0.15, 0.2) is 0 Å². The molecule has 1 aromatic rings. The minimum atomic E-state index is -0.385. The molecule has 1 unspecified atom stereocenters. The molecule has 0 saturated carbocycles. The van der Waals surface area contributed by atoms with Crippen LogP contribution in [0, 0.1) is 0 Å². The molecule has 1 atom stereocenters. The predicted octanol–water partition coefficient (Wildman–Crippen LogP) is 2.23. The standard InChI is InChI=1S/C9H12OS/c1-7(2)9(10)5-8-3-4-11-6-8/h3-4,6,9-10H,1,5H2,2H3. The summed E-state index contributed by atoms with van der Waals surface area (Å²) in [6.45, 7) is 5.53. The average Bonchev–Trinajstić information content (AvgIpc) is 2.39. The number of hydrogen-bond donors (Lipinski definition) is 1. The highest BCUT2D eigenvalue weighted by molar-refractivity contribution is 7.07. The lowest BCUT2D eigenvalue weighted by atomic mass is 10.1. The molecule has 60 valence electrons. The van der Waals surface area contributed by atoms with Crippen molar-refractivity contribution in [3.8, 4) is 0 Å². The molecule has 0 spiro atoms. The highest BCUT2D eigenvalue weighted by Crippen LogP contribution is 2.11. The maximum Gasteiger partial charge on any atom is 0.0785 e. The third-order valence-electron chi connectivity index (χ3n) is 1.58. The molecule has 2 heteroatoms. The molecule has 1 N–H and O–H groups in total. The van der Waals surface area contributed by atoms with Gasteiger partial charge in [0, 0.05) is 6.42 Å². The van der Waals surface area contributed by atoms with Gasteiger partial charge in [-0.2, -0.15) is 11.3 Å². The fraction of sp³-hybridized carbons (Fsp3) is 0.333. The maximum atomic E-state index is 9.40. The number of hydrogen-bond acceptors (Lipinski definition) is 2. The van der Waals surface area contributed by atoms with Gasteiger partial charge in [-0.05, 0) is 29.3 Å². The van der Waals surface area contributed by atoms with Crippen molar-refractivity contribution in [2.24, 2.45) is 0 Å². The maximum absolute atomic E-state index is 9.40. The Morgan fingerprint density at radius 2 is 2.55 bits per heavy atom. The van der Waals surface area contributed by atoms with Crippen LogP contribution in [0.5, 0.6) is 0 Å². The number of aliphatic hydroxyl groups is 1. The summed E-state index contributed by atoms with van der Waals surface area (Å²) in [7, 11) is 0. The fourth-order valence-corrected chi connectivity index (χ4v) is 1.49. The van der Waals surface area contributed by atoms with E-state index in [9.17, 15) is 5.11 Å². The van der Waals surface area contributed by atoms with Crippen LogP contribution in [0.4, 0.5) is 0 Å². The van der Waals surface area contributed by atoms with Gasteiger partial charge in [0.1, 0.15) is 0 Å². The van der Waals surface area contributed by atoms with Crippen molar-refractivity contribution in [2.75, 3.05) is 0 Å². The van der Waals surface area contributed by atoms with Crippen LogP contribution >= 0.6 is 11.3 Å². The number of rotatable bonds is 3. The zero-order chi connectivity index (χ0) is 8.27. The molecule has 0 aliphatic heterocycles. The third-order valence-corrected chi connectivity index (χ3v) is 2.31. The third kappa shape index (κ3) is 2.48. The molecule has 0 radical (unpaired) electrons. The summed E-state index contributed by atoms with van der Waals surface area (Å²) in [5, 5.41) is 13.5. The minimum absolute atomic E-state index is 0.385. The Labute approximate surface area is 71.0 Å². The zero-order valence-corrected chi connectivity index (χ0v) is 7.40. The lowest BCUT2D eigenvalue weighted by Crippen LogP contribution is -2.10. The highest BCUT2D eigenvalue weighted by atomic mass is 32.1. The van der Waals surface area contributed by atoms with Gasteiger partial charge in [0.2, 0.25) is 0 Å². The molecule has 1 nitrogen and oxygen atoms in total. The molecule has 1 aromatic heterocycles. The summed E-state index contributed by atoms with van der Waals surface area (Å²) in [6.07, 6.45) is 0.309. The monoisotopic (exact) mass is 168 g/mol. The van der Waals surface area contributed by atoms with Gasteiger partial charge in [0.05, 0.1) is 6.10 Å². The van der Waals surface area contributed by atoms with Crippen LogP contribution in [0.1, 0.15) is 12.5 Å². The summed E-state index contributed by atoms with van der Waals surface area (Å²) in [5.74, 6) is 0. The zero-order valence-electron chi connectivity index (χ0n) is 6.58. The van der Waals surface area contributed by atoms with Crippen molar-refractivity contribution in [1.82, 2.24) is 0 Å². The molecule has 0 aliphatic rings. The van der Waals surface area contributed by atoms with E-state index in [1.807, 2.05) is 23.8 Å². The smallest absolute Gasteiger partial charge is 0.0785 e. The van der Waals surface area contributed by atoms with Crippen molar-refractivity contribution in [3.63, 3.8) is 0 Å². The van der Waals surface area contributed by atoms with Crippen LogP contribution < -0.4 is 0 Å². The first-order valence-corrected chi connectivity index (χ1v) is 4.49. The van der Waals surface area contributed by atoms with E-state index < -0.39 is 0 Å². The molecule has 0 amide bonds. The van der Waals surface area contributed by atoms with Crippen LogP contribution in [0.2, 0.25) is 0 Å². The second-order valence-electron chi connectivity index (χ2n) is 2.70. The lowest BCUT2D eigenvalue weighted by molar-refractivity contribution is 0.212. The van der Waals surface area contributed by atoms with Gasteiger partial charge >= 0.3 is 0 Å². The molecule has 0 bridgehead atoms. The van der Waals surface area contributed by atoms with Gasteiger partial charge in [0.25, 0.3) is 0 Å². The van der Waals surface area contributed by atoms with Crippen LogP contribution in [-0.2, 0) is 6.42 Å². The Hall–Kier alpha value is -0.600. The van der Waals surface area contributed by atoms with E-state index in [0.717, 1.165) is 5.57 Å². The summed E-state index contributed by atoms with van der Waals surface area (Å²) in [5.41, 5.74) is 2.02. The molecule has 0 saturated heterocycles. The van der Waals surface area contributed by atoms with Gasteiger partial charge in [-0.25, -0.2) is 0 Å². The Kier molecular flexibility index (Phi) is 2.85. The van der Waals surface area contributed by atoms with Crippen molar-refractivity contribution >= 4 is 11.3 Å². The van der Waals surface area contributed by atoms with Gasteiger partial charge in [-0.15, -0.1) is 0 Å². The van der Waals surface area contributed by atoms with Gasteiger partial charge < -0.3 is 5.11 Å². The summed E-state index contributed by atoms with van der Waals surface area (Å²) < 4.78 is 0. The second-order valence-corrected chi connectivity index (χ2v) is 3.48. The Balaban J connectivity index is 2.50. The molecule has 1 rings (SSSR count). The largest absolute Gasteiger partial charge is 0.388 e. The summed E-state index contributed by atoms with van der Waals surface area (Å²) in [4.78, 5) is 0. The molecule has 11 heavy (non-hydrogen) atoms. The van der Waals surface area contributed by atoms with Crippen molar-refractivity contribution < 1.29 is 5.11 Å². The molecule has 1 heterocycles. The Bertz CT molecular complexity index is 226. The van der Waals surface area contributed by atoms with Crippen LogP contribution in [0.3, 0.4) is 0 Å². The molecular weight excluding hydrogens is 156 g/mol. The van der Waals surface area contributed by atoms with E-state index >= 15 is 0 Å². The Morgan fingerprint density at radius 1 is 1.82 bits per heavy atom. The first-order valence-electron chi connectivity index (χ1n) is 3.54. The van der Waals surface area contributed by atoms with Crippen molar-refractivity contribution in [3.05, 3.63) is 34.5 Å². The van der Waals surface area contributed by atoms with Crippen molar-refractivity contribution in [2.45, 2.75) is 19.4 Å². The van der Waals surface area contributed by atoms with E-state index in [4.69, 9.17) is 0 Å². The van der Waals surface area contributed by atoms with E-state index in [0.29, 0.717) is 6.42 Å². The predicted molar refractivity (Wildman–Crippen MR) is 48.8 cm³/mol. The number of aliphatic hydroxyl groups excluding tert-OH is 1.